The Kier molecular flexibility index (Phi) is 7.98. The van der Waals surface area contributed by atoms with E-state index in [1.54, 1.807) is 0 Å². The highest BCUT2D eigenvalue weighted by molar-refractivity contribution is 7.89. The number of anilines is 1. The molecule has 0 aliphatic rings. The predicted octanol–water partition coefficient (Wildman–Crippen LogP) is 3.26. The van der Waals surface area contributed by atoms with E-state index >= 15 is 0 Å². The Morgan fingerprint density at radius 3 is 2.54 bits per heavy atom. The van der Waals surface area contributed by atoms with Crippen LogP contribution in [0, 0.1) is 0 Å². The third-order valence-corrected chi connectivity index (χ3v) is 5.65. The van der Waals surface area contributed by atoms with Crippen molar-refractivity contribution in [2.24, 2.45) is 0 Å². The molecule has 0 radical (unpaired) electrons. The summed E-state index contributed by atoms with van der Waals surface area (Å²) in [6, 6.07) is 13.5. The summed E-state index contributed by atoms with van der Waals surface area (Å²) >= 11 is 0. The van der Waals surface area contributed by atoms with Gasteiger partial charge in [-0.1, -0.05) is 30.3 Å². The first-order chi connectivity index (χ1) is 13.3. The van der Waals surface area contributed by atoms with Crippen LogP contribution in [0.3, 0.4) is 0 Å². The quantitative estimate of drug-likeness (QED) is 0.495. The lowest BCUT2D eigenvalue weighted by Crippen LogP contribution is -2.27. The number of rotatable bonds is 11. The van der Waals surface area contributed by atoms with Gasteiger partial charge in [0, 0.05) is 25.8 Å². The van der Waals surface area contributed by atoms with Gasteiger partial charge in [-0.2, -0.15) is 0 Å². The van der Waals surface area contributed by atoms with Crippen LogP contribution >= 0.6 is 0 Å². The van der Waals surface area contributed by atoms with E-state index in [0.717, 1.165) is 5.56 Å². The molecule has 0 spiro atoms. The fraction of sp³-hybridized carbons (Fsp3) is 0.350. The van der Waals surface area contributed by atoms with E-state index in [1.165, 1.54) is 18.2 Å². The van der Waals surface area contributed by atoms with Crippen molar-refractivity contribution >= 4 is 21.7 Å². The maximum Gasteiger partial charge on any atom is 0.335 e. The molecule has 1 atom stereocenters. The average molecular weight is 407 g/mol. The second-order valence-corrected chi connectivity index (χ2v) is 7.98. The summed E-state index contributed by atoms with van der Waals surface area (Å²) in [6.07, 6.45) is 0.523. The average Bonchev–Trinajstić information content (AvgIpc) is 2.68. The SMILES string of the molecule is CCOCCCNS(=O)(=O)c1cc(C(=O)O)ccc1NC(C)c1ccccc1. The van der Waals surface area contributed by atoms with Crippen molar-refractivity contribution in [1.29, 1.82) is 0 Å². The molecule has 0 aliphatic carbocycles. The van der Waals surface area contributed by atoms with Gasteiger partial charge >= 0.3 is 5.97 Å². The number of hydrogen-bond acceptors (Lipinski definition) is 5. The molecule has 152 valence electrons. The van der Waals surface area contributed by atoms with Crippen LogP contribution in [0.4, 0.5) is 5.69 Å². The van der Waals surface area contributed by atoms with Gasteiger partial charge in [-0.3, -0.25) is 0 Å². The molecule has 2 aromatic carbocycles. The third kappa shape index (κ3) is 6.05. The highest BCUT2D eigenvalue weighted by Crippen LogP contribution is 2.27. The Balaban J connectivity index is 2.26. The van der Waals surface area contributed by atoms with Crippen molar-refractivity contribution in [2.75, 3.05) is 25.1 Å². The van der Waals surface area contributed by atoms with E-state index in [-0.39, 0.29) is 23.0 Å². The van der Waals surface area contributed by atoms with Gasteiger partial charge in [-0.25, -0.2) is 17.9 Å². The number of aromatic carboxylic acids is 1. The van der Waals surface area contributed by atoms with Crippen LogP contribution in [0.25, 0.3) is 0 Å². The van der Waals surface area contributed by atoms with Gasteiger partial charge in [0.15, 0.2) is 0 Å². The van der Waals surface area contributed by atoms with Gasteiger partial charge in [-0.15, -0.1) is 0 Å². The summed E-state index contributed by atoms with van der Waals surface area (Å²) < 4.78 is 33.3. The van der Waals surface area contributed by atoms with Gasteiger partial charge in [0.1, 0.15) is 4.90 Å². The number of carboxylic acid groups (broad SMARTS) is 1. The largest absolute Gasteiger partial charge is 0.478 e. The predicted molar refractivity (Wildman–Crippen MR) is 108 cm³/mol. The number of carboxylic acids is 1. The number of ether oxygens (including phenoxy) is 1. The van der Waals surface area contributed by atoms with Crippen LogP contribution in [0.2, 0.25) is 0 Å². The van der Waals surface area contributed by atoms with E-state index in [0.29, 0.717) is 25.3 Å². The lowest BCUT2D eigenvalue weighted by molar-refractivity contribution is 0.0696. The lowest BCUT2D eigenvalue weighted by atomic mass is 10.1. The van der Waals surface area contributed by atoms with Crippen molar-refractivity contribution in [2.45, 2.75) is 31.2 Å². The van der Waals surface area contributed by atoms with E-state index in [2.05, 4.69) is 10.0 Å². The molecular formula is C20H26N2O5S. The van der Waals surface area contributed by atoms with Crippen LogP contribution in [-0.4, -0.2) is 39.3 Å². The van der Waals surface area contributed by atoms with Crippen molar-refractivity contribution in [3.05, 3.63) is 59.7 Å². The Morgan fingerprint density at radius 2 is 1.89 bits per heavy atom. The molecule has 1 unspecified atom stereocenters. The van der Waals surface area contributed by atoms with Crippen LogP contribution in [0.15, 0.2) is 53.4 Å². The molecule has 0 fully saturated rings. The minimum atomic E-state index is -3.89. The molecule has 2 rings (SSSR count). The molecule has 8 heteroatoms. The molecule has 0 heterocycles. The summed E-state index contributed by atoms with van der Waals surface area (Å²) in [5.41, 5.74) is 1.24. The summed E-state index contributed by atoms with van der Waals surface area (Å²) in [6.45, 7) is 5.00. The third-order valence-electron chi connectivity index (χ3n) is 4.15. The highest BCUT2D eigenvalue weighted by Gasteiger charge is 2.21. The minimum absolute atomic E-state index is 0.0902. The fourth-order valence-corrected chi connectivity index (χ4v) is 3.93. The molecule has 0 aromatic heterocycles. The number of sulfonamides is 1. The molecule has 28 heavy (non-hydrogen) atoms. The van der Waals surface area contributed by atoms with Crippen LogP contribution < -0.4 is 10.0 Å². The molecule has 0 bridgehead atoms. The first-order valence-electron chi connectivity index (χ1n) is 9.11. The molecule has 0 saturated carbocycles. The second-order valence-electron chi connectivity index (χ2n) is 6.24. The standard InChI is InChI=1S/C20H26N2O5S/c1-3-27-13-7-12-21-28(25,26)19-14-17(20(23)24)10-11-18(19)22-15(2)16-8-5-4-6-9-16/h4-6,8-11,14-15,21-22H,3,7,12-13H2,1-2H3,(H,23,24). The number of carbonyl (C=O) groups is 1. The molecule has 2 aromatic rings. The molecular weight excluding hydrogens is 380 g/mol. The maximum absolute atomic E-state index is 12.8. The van der Waals surface area contributed by atoms with Gasteiger partial charge in [0.2, 0.25) is 10.0 Å². The molecule has 3 N–H and O–H groups in total. The highest BCUT2D eigenvalue weighted by atomic mass is 32.2. The summed E-state index contributed by atoms with van der Waals surface area (Å²) in [7, 11) is -3.89. The van der Waals surface area contributed by atoms with Crippen molar-refractivity contribution in [3.8, 4) is 0 Å². The van der Waals surface area contributed by atoms with Crippen LogP contribution in [0.1, 0.15) is 42.2 Å². The number of hydrogen-bond donors (Lipinski definition) is 3. The zero-order chi connectivity index (χ0) is 20.6. The van der Waals surface area contributed by atoms with Gasteiger partial charge in [-0.05, 0) is 44.0 Å². The number of nitrogens with one attached hydrogen (secondary N) is 2. The van der Waals surface area contributed by atoms with Gasteiger partial charge < -0.3 is 15.2 Å². The van der Waals surface area contributed by atoms with Gasteiger partial charge in [0.05, 0.1) is 11.3 Å². The Hall–Kier alpha value is -2.42. The van der Waals surface area contributed by atoms with E-state index in [9.17, 15) is 18.3 Å². The zero-order valence-corrected chi connectivity index (χ0v) is 16.8. The normalized spacial score (nSPS) is 12.5. The van der Waals surface area contributed by atoms with E-state index < -0.39 is 16.0 Å². The van der Waals surface area contributed by atoms with Crippen molar-refractivity contribution in [1.82, 2.24) is 4.72 Å². The first kappa shape index (κ1) is 21.9. The molecule has 0 saturated heterocycles. The molecule has 0 aliphatic heterocycles. The smallest absolute Gasteiger partial charge is 0.335 e. The summed E-state index contributed by atoms with van der Waals surface area (Å²) in [5.74, 6) is -1.18. The maximum atomic E-state index is 12.8. The monoisotopic (exact) mass is 406 g/mol. The Bertz CT molecular complexity index is 885. The van der Waals surface area contributed by atoms with Crippen LogP contribution in [-0.2, 0) is 14.8 Å². The molecule has 0 amide bonds. The zero-order valence-electron chi connectivity index (χ0n) is 16.0. The Labute approximate surface area is 165 Å². The van der Waals surface area contributed by atoms with Crippen molar-refractivity contribution in [3.63, 3.8) is 0 Å². The number of benzene rings is 2. The lowest BCUT2D eigenvalue weighted by Gasteiger charge is -2.19. The first-order valence-corrected chi connectivity index (χ1v) is 10.6. The Morgan fingerprint density at radius 1 is 1.18 bits per heavy atom. The summed E-state index contributed by atoms with van der Waals surface area (Å²) in [4.78, 5) is 11.2. The van der Waals surface area contributed by atoms with Gasteiger partial charge in [0.25, 0.3) is 0 Å². The fourth-order valence-electron chi connectivity index (χ4n) is 2.66. The van der Waals surface area contributed by atoms with E-state index in [1.807, 2.05) is 44.2 Å². The summed E-state index contributed by atoms with van der Waals surface area (Å²) in [5, 5.41) is 12.4. The van der Waals surface area contributed by atoms with Crippen molar-refractivity contribution < 1.29 is 23.1 Å². The topological polar surface area (TPSA) is 105 Å². The molecule has 7 nitrogen and oxygen atoms in total. The van der Waals surface area contributed by atoms with Crippen LogP contribution in [0.5, 0.6) is 0 Å². The van der Waals surface area contributed by atoms with E-state index in [4.69, 9.17) is 4.74 Å². The second kappa shape index (κ2) is 10.2. The minimum Gasteiger partial charge on any atom is -0.478 e.